The van der Waals surface area contributed by atoms with E-state index >= 15 is 0 Å². The van der Waals surface area contributed by atoms with E-state index in [9.17, 15) is 8.78 Å². The van der Waals surface area contributed by atoms with Gasteiger partial charge in [0.05, 0.1) is 14.6 Å². The van der Waals surface area contributed by atoms with E-state index in [1.165, 1.54) is 12.3 Å². The maximum Gasteiger partial charge on any atom is 0.224 e. The summed E-state index contributed by atoms with van der Waals surface area (Å²) in [6.07, 6.45) is 1.42. The molecular weight excluding hydrogens is 395 g/mol. The quantitative estimate of drug-likeness (QED) is 0.589. The Balaban J connectivity index is 2.40. The van der Waals surface area contributed by atoms with Crippen LogP contribution in [0.15, 0.2) is 27.3 Å². The second-order valence-electron chi connectivity index (χ2n) is 3.21. The summed E-state index contributed by atoms with van der Waals surface area (Å²) in [6.45, 7) is 0. The molecule has 0 amide bonds. The molecular formula is C10H4Br2ClF2N3. The highest BCUT2D eigenvalue weighted by Crippen LogP contribution is 2.29. The molecule has 0 aliphatic heterocycles. The summed E-state index contributed by atoms with van der Waals surface area (Å²) in [7, 11) is 0. The van der Waals surface area contributed by atoms with Crippen LogP contribution in [0, 0.1) is 11.6 Å². The van der Waals surface area contributed by atoms with Gasteiger partial charge in [-0.05, 0) is 49.5 Å². The Morgan fingerprint density at radius 1 is 1.11 bits per heavy atom. The van der Waals surface area contributed by atoms with Crippen LogP contribution in [0.5, 0.6) is 0 Å². The molecule has 0 spiro atoms. The summed E-state index contributed by atoms with van der Waals surface area (Å²) in [4.78, 5) is 7.62. The molecule has 1 N–H and O–H groups in total. The van der Waals surface area contributed by atoms with E-state index in [0.717, 1.165) is 6.07 Å². The molecule has 0 bridgehead atoms. The molecule has 8 heteroatoms. The minimum absolute atomic E-state index is 0.0160. The van der Waals surface area contributed by atoms with E-state index in [1.54, 1.807) is 0 Å². The van der Waals surface area contributed by atoms with Crippen LogP contribution in [0.25, 0.3) is 0 Å². The number of halogens is 5. The fraction of sp³-hybridized carbons (Fsp3) is 0. The van der Waals surface area contributed by atoms with Crippen LogP contribution in [0.4, 0.5) is 20.3 Å². The van der Waals surface area contributed by atoms with Crippen molar-refractivity contribution in [3.8, 4) is 0 Å². The molecule has 0 saturated heterocycles. The van der Waals surface area contributed by atoms with Crippen molar-refractivity contribution in [2.24, 2.45) is 0 Å². The van der Waals surface area contributed by atoms with Gasteiger partial charge in [-0.3, -0.25) is 0 Å². The number of benzene rings is 1. The second kappa shape index (κ2) is 5.46. The van der Waals surface area contributed by atoms with Crippen molar-refractivity contribution < 1.29 is 8.78 Å². The van der Waals surface area contributed by atoms with Gasteiger partial charge in [0.1, 0.15) is 17.5 Å². The average Bonchev–Trinajstić information content (AvgIpc) is 2.30. The topological polar surface area (TPSA) is 37.8 Å². The van der Waals surface area contributed by atoms with Crippen LogP contribution in [-0.4, -0.2) is 9.97 Å². The van der Waals surface area contributed by atoms with Gasteiger partial charge in [-0.1, -0.05) is 0 Å². The summed E-state index contributed by atoms with van der Waals surface area (Å²) >= 11 is 11.8. The summed E-state index contributed by atoms with van der Waals surface area (Å²) in [5, 5.41) is 2.71. The summed E-state index contributed by atoms with van der Waals surface area (Å²) in [5.74, 6) is -1.14. The molecule has 18 heavy (non-hydrogen) atoms. The first-order valence-electron chi connectivity index (χ1n) is 4.57. The zero-order chi connectivity index (χ0) is 13.3. The first kappa shape index (κ1) is 13.6. The zero-order valence-electron chi connectivity index (χ0n) is 8.52. The Morgan fingerprint density at radius 2 is 1.83 bits per heavy atom. The summed E-state index contributed by atoms with van der Waals surface area (Å²) < 4.78 is 27.3. The highest BCUT2D eigenvalue weighted by atomic mass is 79.9. The van der Waals surface area contributed by atoms with Gasteiger partial charge in [-0.25, -0.2) is 13.8 Å². The third kappa shape index (κ3) is 2.96. The Hall–Kier alpha value is -0.790. The van der Waals surface area contributed by atoms with E-state index in [1.807, 2.05) is 0 Å². The lowest BCUT2D eigenvalue weighted by Crippen LogP contribution is -1.99. The van der Waals surface area contributed by atoms with Crippen LogP contribution in [0.2, 0.25) is 5.28 Å². The molecule has 0 saturated carbocycles. The predicted octanol–water partition coefficient (Wildman–Crippen LogP) is 4.68. The Labute approximate surface area is 123 Å². The standard InChI is InChI=1S/C10H4Br2ClF2N3/c11-4-1-8(7(15)2-6(4)14)17-9-5(12)3-16-10(13)18-9/h1-3H,(H,16,17,18). The number of hydrogen-bond donors (Lipinski definition) is 1. The fourth-order valence-corrected chi connectivity index (χ4v) is 1.95. The van der Waals surface area contributed by atoms with E-state index in [0.29, 0.717) is 4.47 Å². The molecule has 2 rings (SSSR count). The van der Waals surface area contributed by atoms with Gasteiger partial charge in [0, 0.05) is 12.3 Å². The smallest absolute Gasteiger partial charge is 0.224 e. The molecule has 0 radical (unpaired) electrons. The SMILES string of the molecule is Fc1cc(F)c(Nc2nc(Cl)ncc2Br)cc1Br. The summed E-state index contributed by atoms with van der Waals surface area (Å²) in [5.41, 5.74) is 0.0683. The first-order chi connectivity index (χ1) is 8.47. The molecule has 3 nitrogen and oxygen atoms in total. The monoisotopic (exact) mass is 397 g/mol. The van der Waals surface area contributed by atoms with Gasteiger partial charge in [0.25, 0.3) is 0 Å². The fourth-order valence-electron chi connectivity index (χ4n) is 1.18. The van der Waals surface area contributed by atoms with Gasteiger partial charge in [0.15, 0.2) is 0 Å². The average molecular weight is 399 g/mol. The van der Waals surface area contributed by atoms with Gasteiger partial charge < -0.3 is 5.32 Å². The highest BCUT2D eigenvalue weighted by molar-refractivity contribution is 9.10. The Kier molecular flexibility index (Phi) is 4.14. The van der Waals surface area contributed by atoms with E-state index in [4.69, 9.17) is 11.6 Å². The maximum absolute atomic E-state index is 13.5. The minimum atomic E-state index is -0.739. The van der Waals surface area contributed by atoms with Gasteiger partial charge in [-0.15, -0.1) is 0 Å². The largest absolute Gasteiger partial charge is 0.337 e. The lowest BCUT2D eigenvalue weighted by Gasteiger charge is -2.09. The molecule has 94 valence electrons. The van der Waals surface area contributed by atoms with Gasteiger partial charge in [0.2, 0.25) is 5.28 Å². The number of aromatic nitrogens is 2. The molecule has 1 aromatic heterocycles. The molecule has 1 aromatic carbocycles. The molecule has 0 aliphatic rings. The van der Waals surface area contributed by atoms with Crippen molar-refractivity contribution in [3.63, 3.8) is 0 Å². The van der Waals surface area contributed by atoms with E-state index < -0.39 is 11.6 Å². The molecule has 1 heterocycles. The highest BCUT2D eigenvalue weighted by Gasteiger charge is 2.11. The second-order valence-corrected chi connectivity index (χ2v) is 5.25. The number of nitrogens with zero attached hydrogens (tertiary/aromatic N) is 2. The third-order valence-corrected chi connectivity index (χ3v) is 3.35. The van der Waals surface area contributed by atoms with Crippen molar-refractivity contribution in [3.05, 3.63) is 44.2 Å². The molecule has 2 aromatic rings. The van der Waals surface area contributed by atoms with Crippen LogP contribution in [0.3, 0.4) is 0 Å². The molecule has 0 unspecified atom stereocenters. The molecule has 0 aliphatic carbocycles. The van der Waals surface area contributed by atoms with Crippen molar-refractivity contribution in [2.45, 2.75) is 0 Å². The van der Waals surface area contributed by atoms with Crippen molar-refractivity contribution in [2.75, 3.05) is 5.32 Å². The van der Waals surface area contributed by atoms with E-state index in [2.05, 4.69) is 47.1 Å². The lowest BCUT2D eigenvalue weighted by atomic mass is 10.3. The van der Waals surface area contributed by atoms with Gasteiger partial charge >= 0.3 is 0 Å². The number of rotatable bonds is 2. The number of nitrogens with one attached hydrogen (secondary N) is 1. The van der Waals surface area contributed by atoms with Crippen LogP contribution in [-0.2, 0) is 0 Å². The van der Waals surface area contributed by atoms with E-state index in [-0.39, 0.29) is 21.3 Å². The lowest BCUT2D eigenvalue weighted by molar-refractivity contribution is 0.581. The van der Waals surface area contributed by atoms with Crippen LogP contribution >= 0.6 is 43.5 Å². The molecule has 0 atom stereocenters. The first-order valence-corrected chi connectivity index (χ1v) is 6.53. The summed E-state index contributed by atoms with van der Waals surface area (Å²) in [6, 6.07) is 2.04. The minimum Gasteiger partial charge on any atom is -0.337 e. The number of anilines is 2. The van der Waals surface area contributed by atoms with Crippen LogP contribution < -0.4 is 5.32 Å². The predicted molar refractivity (Wildman–Crippen MR) is 72.1 cm³/mol. The van der Waals surface area contributed by atoms with Crippen molar-refractivity contribution in [1.82, 2.24) is 9.97 Å². The Morgan fingerprint density at radius 3 is 2.56 bits per heavy atom. The third-order valence-electron chi connectivity index (χ3n) is 1.98. The zero-order valence-corrected chi connectivity index (χ0v) is 12.4. The van der Waals surface area contributed by atoms with Gasteiger partial charge in [-0.2, -0.15) is 4.98 Å². The van der Waals surface area contributed by atoms with Crippen LogP contribution in [0.1, 0.15) is 0 Å². The van der Waals surface area contributed by atoms with Crippen molar-refractivity contribution >= 4 is 55.0 Å². The normalized spacial score (nSPS) is 10.5. The maximum atomic E-state index is 13.5. The van der Waals surface area contributed by atoms with Crippen molar-refractivity contribution in [1.29, 1.82) is 0 Å². The Bertz CT molecular complexity index is 610. The molecule has 0 fully saturated rings. The number of hydrogen-bond acceptors (Lipinski definition) is 3.